The summed E-state index contributed by atoms with van der Waals surface area (Å²) in [5.41, 5.74) is 6.55. The van der Waals surface area contributed by atoms with Gasteiger partial charge in [-0.05, 0) is 31.4 Å². The van der Waals surface area contributed by atoms with Gasteiger partial charge in [-0.3, -0.25) is 4.79 Å². The van der Waals surface area contributed by atoms with E-state index in [1.807, 2.05) is 24.3 Å². The molecule has 0 saturated carbocycles. The smallest absolute Gasteiger partial charge is 0.303 e. The molecule has 4 N–H and O–H groups in total. The second-order valence-electron chi connectivity index (χ2n) is 4.69. The molecule has 0 spiro atoms. The molecule has 4 heteroatoms. The molecule has 1 rings (SSSR count). The summed E-state index contributed by atoms with van der Waals surface area (Å²) in [5.74, 6) is -0.860. The van der Waals surface area contributed by atoms with Gasteiger partial charge in [0.15, 0.2) is 0 Å². The summed E-state index contributed by atoms with van der Waals surface area (Å²) in [6, 6.07) is 6.95. The molecular formula is C13H19NO3. The maximum absolute atomic E-state index is 10.5. The van der Waals surface area contributed by atoms with Gasteiger partial charge in [-0.2, -0.15) is 0 Å². The molecule has 4 nitrogen and oxygen atoms in total. The zero-order valence-corrected chi connectivity index (χ0v) is 10.2. The van der Waals surface area contributed by atoms with Crippen LogP contribution in [0.1, 0.15) is 43.9 Å². The molecule has 1 aromatic carbocycles. The first-order chi connectivity index (χ1) is 7.82. The Morgan fingerprint density at radius 2 is 2.00 bits per heavy atom. The molecule has 0 aliphatic rings. The van der Waals surface area contributed by atoms with E-state index in [-0.39, 0.29) is 12.5 Å². The van der Waals surface area contributed by atoms with E-state index in [0.29, 0.717) is 6.42 Å². The normalized spacial score (nSPS) is 13.4. The largest absolute Gasteiger partial charge is 0.481 e. The summed E-state index contributed by atoms with van der Waals surface area (Å²) >= 11 is 0. The van der Waals surface area contributed by atoms with E-state index in [2.05, 4.69) is 0 Å². The second-order valence-corrected chi connectivity index (χ2v) is 4.69. The van der Waals surface area contributed by atoms with Crippen LogP contribution in [-0.4, -0.2) is 16.2 Å². The van der Waals surface area contributed by atoms with Crippen LogP contribution in [-0.2, 0) is 10.4 Å². The number of aliphatic carboxylic acids is 1. The van der Waals surface area contributed by atoms with Gasteiger partial charge >= 0.3 is 5.97 Å². The molecule has 0 amide bonds. The molecule has 0 bridgehead atoms. The van der Waals surface area contributed by atoms with E-state index in [1.165, 1.54) is 0 Å². The van der Waals surface area contributed by atoms with Crippen LogP contribution in [0.2, 0.25) is 0 Å². The lowest BCUT2D eigenvalue weighted by atomic mass is 9.88. The van der Waals surface area contributed by atoms with Crippen molar-refractivity contribution in [1.29, 1.82) is 0 Å². The average molecular weight is 237 g/mol. The highest BCUT2D eigenvalue weighted by molar-refractivity contribution is 5.66. The van der Waals surface area contributed by atoms with Gasteiger partial charge < -0.3 is 15.9 Å². The van der Waals surface area contributed by atoms with Crippen LogP contribution in [0.5, 0.6) is 0 Å². The molecule has 1 unspecified atom stereocenters. The number of benzene rings is 1. The van der Waals surface area contributed by atoms with Crippen molar-refractivity contribution in [3.05, 3.63) is 35.4 Å². The standard InChI is InChI=1S/C13H19NO3/c1-13(2,17)10-6-4-3-5-9(10)11(14)7-8-12(15)16/h3-6,11,17H,7-8,14H2,1-2H3,(H,15,16). The zero-order valence-electron chi connectivity index (χ0n) is 10.2. The Kier molecular flexibility index (Phi) is 4.26. The van der Waals surface area contributed by atoms with Gasteiger partial charge in [-0.15, -0.1) is 0 Å². The molecule has 94 valence electrons. The Morgan fingerprint density at radius 1 is 1.41 bits per heavy atom. The molecule has 0 aliphatic heterocycles. The first-order valence-electron chi connectivity index (χ1n) is 5.61. The summed E-state index contributed by atoms with van der Waals surface area (Å²) in [7, 11) is 0. The van der Waals surface area contributed by atoms with E-state index in [0.717, 1.165) is 11.1 Å². The van der Waals surface area contributed by atoms with Gasteiger partial charge in [0.2, 0.25) is 0 Å². The molecule has 0 radical (unpaired) electrons. The van der Waals surface area contributed by atoms with Crippen molar-refractivity contribution >= 4 is 5.97 Å². The van der Waals surface area contributed by atoms with Crippen molar-refractivity contribution in [3.63, 3.8) is 0 Å². The van der Waals surface area contributed by atoms with Crippen LogP contribution in [0.3, 0.4) is 0 Å². The van der Waals surface area contributed by atoms with Gasteiger partial charge in [0.25, 0.3) is 0 Å². The summed E-state index contributed by atoms with van der Waals surface area (Å²) < 4.78 is 0. The fraction of sp³-hybridized carbons (Fsp3) is 0.462. The highest BCUT2D eigenvalue weighted by Gasteiger charge is 2.22. The molecule has 1 atom stereocenters. The summed E-state index contributed by atoms with van der Waals surface area (Å²) in [5, 5.41) is 18.7. The fourth-order valence-electron chi connectivity index (χ4n) is 1.81. The molecule has 0 aromatic heterocycles. The predicted octanol–water partition coefficient (Wildman–Crippen LogP) is 1.78. The number of aliphatic hydroxyl groups is 1. The highest BCUT2D eigenvalue weighted by atomic mass is 16.4. The monoisotopic (exact) mass is 237 g/mol. The van der Waals surface area contributed by atoms with E-state index in [4.69, 9.17) is 10.8 Å². The fourth-order valence-corrected chi connectivity index (χ4v) is 1.81. The Hall–Kier alpha value is -1.39. The van der Waals surface area contributed by atoms with E-state index >= 15 is 0 Å². The first kappa shape index (κ1) is 13.7. The molecule has 0 aliphatic carbocycles. The van der Waals surface area contributed by atoms with Crippen molar-refractivity contribution in [2.75, 3.05) is 0 Å². The van der Waals surface area contributed by atoms with Crippen molar-refractivity contribution in [2.45, 2.75) is 38.3 Å². The maximum atomic E-state index is 10.5. The Balaban J connectivity index is 2.93. The van der Waals surface area contributed by atoms with E-state index < -0.39 is 11.6 Å². The topological polar surface area (TPSA) is 83.5 Å². The quantitative estimate of drug-likeness (QED) is 0.729. The van der Waals surface area contributed by atoms with Gasteiger partial charge in [0, 0.05) is 12.5 Å². The minimum Gasteiger partial charge on any atom is -0.481 e. The first-order valence-corrected chi connectivity index (χ1v) is 5.61. The maximum Gasteiger partial charge on any atom is 0.303 e. The van der Waals surface area contributed by atoms with Gasteiger partial charge in [0.1, 0.15) is 0 Å². The van der Waals surface area contributed by atoms with Gasteiger partial charge in [-0.25, -0.2) is 0 Å². The van der Waals surface area contributed by atoms with Gasteiger partial charge in [-0.1, -0.05) is 24.3 Å². The Labute approximate surface area is 101 Å². The summed E-state index contributed by atoms with van der Waals surface area (Å²) in [6.45, 7) is 3.38. The van der Waals surface area contributed by atoms with Crippen LogP contribution < -0.4 is 5.73 Å². The molecule has 0 fully saturated rings. The summed E-state index contributed by atoms with van der Waals surface area (Å²) in [6.07, 6.45) is 0.393. The lowest BCUT2D eigenvalue weighted by Gasteiger charge is -2.24. The third-order valence-corrected chi connectivity index (χ3v) is 2.69. The lowest BCUT2D eigenvalue weighted by Crippen LogP contribution is -2.22. The van der Waals surface area contributed by atoms with Crippen LogP contribution in [0.25, 0.3) is 0 Å². The zero-order chi connectivity index (χ0) is 13.1. The van der Waals surface area contributed by atoms with Crippen molar-refractivity contribution in [3.8, 4) is 0 Å². The van der Waals surface area contributed by atoms with Crippen molar-refractivity contribution in [1.82, 2.24) is 0 Å². The van der Waals surface area contributed by atoms with E-state index in [9.17, 15) is 9.90 Å². The van der Waals surface area contributed by atoms with E-state index in [1.54, 1.807) is 13.8 Å². The number of hydrogen-bond acceptors (Lipinski definition) is 3. The minimum atomic E-state index is -0.975. The molecule has 0 heterocycles. The average Bonchev–Trinajstić information content (AvgIpc) is 2.24. The van der Waals surface area contributed by atoms with Crippen LogP contribution in [0, 0.1) is 0 Å². The number of carboxylic acid groups (broad SMARTS) is 1. The van der Waals surface area contributed by atoms with Crippen LogP contribution >= 0.6 is 0 Å². The van der Waals surface area contributed by atoms with Crippen molar-refractivity contribution < 1.29 is 15.0 Å². The molecule has 17 heavy (non-hydrogen) atoms. The van der Waals surface area contributed by atoms with Crippen molar-refractivity contribution in [2.24, 2.45) is 5.73 Å². The third kappa shape index (κ3) is 3.84. The number of carboxylic acids is 1. The predicted molar refractivity (Wildman–Crippen MR) is 65.5 cm³/mol. The Bertz CT molecular complexity index is 396. The molecular weight excluding hydrogens is 218 g/mol. The number of rotatable bonds is 5. The highest BCUT2D eigenvalue weighted by Crippen LogP contribution is 2.28. The third-order valence-electron chi connectivity index (χ3n) is 2.69. The lowest BCUT2D eigenvalue weighted by molar-refractivity contribution is -0.137. The van der Waals surface area contributed by atoms with Crippen LogP contribution in [0.15, 0.2) is 24.3 Å². The molecule has 1 aromatic rings. The second kappa shape index (κ2) is 5.29. The summed E-state index contributed by atoms with van der Waals surface area (Å²) in [4.78, 5) is 10.5. The van der Waals surface area contributed by atoms with Crippen LogP contribution in [0.4, 0.5) is 0 Å². The number of carbonyl (C=O) groups is 1. The number of hydrogen-bond donors (Lipinski definition) is 3. The SMILES string of the molecule is CC(C)(O)c1ccccc1C(N)CCC(=O)O. The van der Waals surface area contributed by atoms with Gasteiger partial charge in [0.05, 0.1) is 5.60 Å². The minimum absolute atomic E-state index is 0.0291. The Morgan fingerprint density at radius 3 is 2.53 bits per heavy atom. The molecule has 0 saturated heterocycles. The number of nitrogens with two attached hydrogens (primary N) is 1.